The predicted molar refractivity (Wildman–Crippen MR) is 140 cm³/mol. The molecule has 15 nitrogen and oxygen atoms in total. The van der Waals surface area contributed by atoms with Gasteiger partial charge in [-0.3, -0.25) is 0 Å². The number of aliphatic hydroxyl groups excluding tert-OH is 5. The van der Waals surface area contributed by atoms with Crippen LogP contribution in [-0.2, 0) is 42.6 Å². The summed E-state index contributed by atoms with van der Waals surface area (Å²) in [6.45, 7) is -0.397. The topological polar surface area (TPSA) is 189 Å². The summed E-state index contributed by atoms with van der Waals surface area (Å²) in [6.07, 6.45) is -19.4. The zero-order chi connectivity index (χ0) is 34.9. The SMILES string of the molecule is [C-]#[N+]CCCOCC(O)COCC(O)COCCOCC(F)(F)OC(F)(F)OC(F)(F)COCC(O)COCC(O)COCCO. The van der Waals surface area contributed by atoms with Gasteiger partial charge in [0.1, 0.15) is 37.6 Å². The number of ether oxygens (including phenoxy) is 9. The van der Waals surface area contributed by atoms with E-state index in [1.165, 1.54) is 0 Å². The molecule has 0 spiro atoms. The van der Waals surface area contributed by atoms with Crippen LogP contribution in [0.2, 0.25) is 0 Å². The van der Waals surface area contributed by atoms with Gasteiger partial charge in [0.05, 0.1) is 85.9 Å². The lowest BCUT2D eigenvalue weighted by Crippen LogP contribution is -2.44. The number of hydrogen-bond acceptors (Lipinski definition) is 14. The zero-order valence-electron chi connectivity index (χ0n) is 25.0. The molecule has 0 radical (unpaired) electrons. The Morgan fingerprint density at radius 2 is 0.891 bits per heavy atom. The minimum Gasteiger partial charge on any atom is -0.394 e. The molecule has 0 fully saturated rings. The molecule has 21 heteroatoms. The zero-order valence-corrected chi connectivity index (χ0v) is 25.0. The predicted octanol–water partition coefficient (Wildman–Crippen LogP) is -0.383. The standard InChI is InChI=1S/C25H43F6NO14/c1-32-3-2-5-38-9-19(34)12-42-14-21(36)11-40-7-8-41-17-23(26,27)45-25(30,31)46-24(28,29)18-44-16-22(37)15-43-13-20(35)10-39-6-4-33/h19-22,33-37H,2-18H2. The van der Waals surface area contributed by atoms with E-state index in [1.807, 2.05) is 0 Å². The van der Waals surface area contributed by atoms with E-state index in [1.54, 1.807) is 0 Å². The maximum absolute atomic E-state index is 13.7. The minimum atomic E-state index is -5.49. The Labute approximate surface area is 261 Å². The van der Waals surface area contributed by atoms with Gasteiger partial charge >= 0.3 is 18.5 Å². The van der Waals surface area contributed by atoms with Crippen LogP contribution in [0.5, 0.6) is 0 Å². The quantitative estimate of drug-likeness (QED) is 0.0265. The number of aliphatic hydroxyl groups is 5. The molecule has 0 aliphatic rings. The lowest BCUT2D eigenvalue weighted by atomic mass is 10.4. The maximum Gasteiger partial charge on any atom is 0.495 e. The average molecular weight is 696 g/mol. The fourth-order valence-corrected chi connectivity index (χ4v) is 2.89. The Bertz CT molecular complexity index is 786. The second kappa shape index (κ2) is 25.5. The molecule has 0 saturated carbocycles. The van der Waals surface area contributed by atoms with Crippen molar-refractivity contribution in [3.05, 3.63) is 11.4 Å². The molecule has 4 unspecified atom stereocenters. The molecule has 0 rings (SSSR count). The van der Waals surface area contributed by atoms with Crippen LogP contribution in [0.25, 0.3) is 4.85 Å². The molecular weight excluding hydrogens is 652 g/mol. The molecule has 0 aliphatic carbocycles. The van der Waals surface area contributed by atoms with Crippen molar-refractivity contribution in [3.63, 3.8) is 0 Å². The van der Waals surface area contributed by atoms with Gasteiger partial charge in [-0.15, -0.1) is 8.78 Å². The third-order valence-corrected chi connectivity index (χ3v) is 4.72. The Morgan fingerprint density at radius 1 is 0.522 bits per heavy atom. The van der Waals surface area contributed by atoms with Gasteiger partial charge in [-0.1, -0.05) is 0 Å². The van der Waals surface area contributed by atoms with E-state index in [4.69, 9.17) is 35.4 Å². The summed E-state index contributed by atoms with van der Waals surface area (Å²) in [5, 5.41) is 47.0. The molecule has 0 amide bonds. The van der Waals surface area contributed by atoms with Crippen molar-refractivity contribution in [1.82, 2.24) is 0 Å². The highest BCUT2D eigenvalue weighted by molar-refractivity contribution is 4.61. The summed E-state index contributed by atoms with van der Waals surface area (Å²) in [5.41, 5.74) is 0. The molecule has 0 aromatic carbocycles. The molecule has 0 aliphatic heterocycles. The number of halogens is 6. The smallest absolute Gasteiger partial charge is 0.394 e. The number of alkyl halides is 6. The lowest BCUT2D eigenvalue weighted by molar-refractivity contribution is -0.518. The van der Waals surface area contributed by atoms with Gasteiger partial charge in [0, 0.05) is 6.42 Å². The summed E-state index contributed by atoms with van der Waals surface area (Å²) in [6, 6.07) is 0. The Balaban J connectivity index is 4.10. The number of hydrogen-bond donors (Lipinski definition) is 5. The third-order valence-electron chi connectivity index (χ3n) is 4.72. The largest absolute Gasteiger partial charge is 0.495 e. The molecule has 274 valence electrons. The fraction of sp³-hybridized carbons (Fsp3) is 0.960. The van der Waals surface area contributed by atoms with Crippen molar-refractivity contribution in [2.45, 2.75) is 49.3 Å². The molecule has 4 atom stereocenters. The van der Waals surface area contributed by atoms with Crippen molar-refractivity contribution in [3.8, 4) is 0 Å². The molecular formula is C25H43F6NO14. The van der Waals surface area contributed by atoms with Crippen LogP contribution in [0.1, 0.15) is 6.42 Å². The molecule has 0 aromatic rings. The highest BCUT2D eigenvalue weighted by atomic mass is 19.3. The summed E-state index contributed by atoms with van der Waals surface area (Å²) < 4.78 is 122. The van der Waals surface area contributed by atoms with Crippen LogP contribution in [0.4, 0.5) is 26.3 Å². The van der Waals surface area contributed by atoms with E-state index in [9.17, 15) is 46.8 Å². The van der Waals surface area contributed by atoms with E-state index >= 15 is 0 Å². The normalized spacial score (nSPS) is 15.4. The van der Waals surface area contributed by atoms with Gasteiger partial charge in [0.15, 0.2) is 0 Å². The lowest BCUT2D eigenvalue weighted by Gasteiger charge is -2.26. The van der Waals surface area contributed by atoms with Crippen LogP contribution >= 0.6 is 0 Å². The first-order chi connectivity index (χ1) is 21.6. The highest BCUT2D eigenvalue weighted by Crippen LogP contribution is 2.33. The molecule has 46 heavy (non-hydrogen) atoms. The van der Waals surface area contributed by atoms with Gasteiger partial charge in [-0.2, -0.15) is 17.6 Å². The fourth-order valence-electron chi connectivity index (χ4n) is 2.89. The van der Waals surface area contributed by atoms with E-state index in [-0.39, 0.29) is 59.5 Å². The molecule has 0 heterocycles. The van der Waals surface area contributed by atoms with Crippen molar-refractivity contribution in [2.24, 2.45) is 0 Å². The summed E-state index contributed by atoms with van der Waals surface area (Å²) in [5.74, 6) is 0. The van der Waals surface area contributed by atoms with Crippen LogP contribution in [0.15, 0.2) is 0 Å². The highest BCUT2D eigenvalue weighted by Gasteiger charge is 2.52. The Kier molecular flexibility index (Phi) is 24.7. The first-order valence-corrected chi connectivity index (χ1v) is 13.9. The number of rotatable bonds is 32. The van der Waals surface area contributed by atoms with Gasteiger partial charge in [0.25, 0.3) is 0 Å². The molecule has 0 bridgehead atoms. The maximum atomic E-state index is 13.7. The summed E-state index contributed by atoms with van der Waals surface area (Å²) in [7, 11) is 0. The summed E-state index contributed by atoms with van der Waals surface area (Å²) >= 11 is 0. The van der Waals surface area contributed by atoms with Crippen LogP contribution in [-0.4, -0.2) is 174 Å². The summed E-state index contributed by atoms with van der Waals surface area (Å²) in [4.78, 5) is 3.14. The molecule has 0 aromatic heterocycles. The first kappa shape index (κ1) is 44.5. The van der Waals surface area contributed by atoms with Gasteiger partial charge in [-0.25, -0.2) is 16.0 Å². The van der Waals surface area contributed by atoms with Crippen LogP contribution in [0.3, 0.4) is 0 Å². The second-order valence-corrected chi connectivity index (χ2v) is 9.38. The van der Waals surface area contributed by atoms with E-state index in [2.05, 4.69) is 23.8 Å². The molecule has 0 saturated heterocycles. The van der Waals surface area contributed by atoms with E-state index in [0.29, 0.717) is 19.6 Å². The minimum absolute atomic E-state index is 0.0282. The monoisotopic (exact) mass is 695 g/mol. The third kappa shape index (κ3) is 27.6. The van der Waals surface area contributed by atoms with E-state index in [0.717, 1.165) is 0 Å². The van der Waals surface area contributed by atoms with Crippen LogP contribution in [0, 0.1) is 6.57 Å². The van der Waals surface area contributed by atoms with Crippen molar-refractivity contribution in [2.75, 3.05) is 106 Å². The first-order valence-electron chi connectivity index (χ1n) is 13.9. The van der Waals surface area contributed by atoms with Gasteiger partial charge < -0.3 is 63.5 Å². The van der Waals surface area contributed by atoms with Crippen LogP contribution < -0.4 is 0 Å². The Hall–Kier alpha value is -1.49. The molecule has 5 N–H and O–H groups in total. The second-order valence-electron chi connectivity index (χ2n) is 9.38. The van der Waals surface area contributed by atoms with Crippen molar-refractivity contribution < 1.29 is 94.5 Å². The van der Waals surface area contributed by atoms with Gasteiger partial charge in [0.2, 0.25) is 6.54 Å². The van der Waals surface area contributed by atoms with Crippen molar-refractivity contribution in [1.29, 1.82) is 0 Å². The average Bonchev–Trinajstić information content (AvgIpc) is 2.93. The number of nitrogens with zero attached hydrogens (tertiary/aromatic N) is 1. The van der Waals surface area contributed by atoms with Gasteiger partial charge in [-0.05, 0) is 0 Å². The van der Waals surface area contributed by atoms with E-state index < -0.39 is 76.0 Å². The van der Waals surface area contributed by atoms with Crippen molar-refractivity contribution >= 4 is 0 Å². The Morgan fingerprint density at radius 3 is 1.35 bits per heavy atom.